The summed E-state index contributed by atoms with van der Waals surface area (Å²) in [4.78, 5) is 12.5. The molecule has 1 amide bonds. The Morgan fingerprint density at radius 1 is 1.08 bits per heavy atom. The topological polar surface area (TPSA) is 139 Å². The van der Waals surface area contributed by atoms with E-state index in [2.05, 4.69) is 32.0 Å². The Morgan fingerprint density at radius 2 is 1.81 bits per heavy atom. The van der Waals surface area contributed by atoms with Crippen molar-refractivity contribution in [1.82, 2.24) is 5.32 Å². The Balaban J connectivity index is 1.43. The molecule has 0 saturated carbocycles. The Kier molecular flexibility index (Phi) is 15.9. The Hall–Kier alpha value is -2.84. The molecule has 2 N–H and O–H groups in total. The normalized spacial score (nSPS) is 30.1. The van der Waals surface area contributed by atoms with Crippen molar-refractivity contribution in [3.05, 3.63) is 79.4 Å². The first-order valence-electron chi connectivity index (χ1n) is 18.7. The number of benzene rings is 1. The van der Waals surface area contributed by atoms with E-state index in [0.29, 0.717) is 19.6 Å². The minimum atomic E-state index is -3.72. The van der Waals surface area contributed by atoms with Crippen LogP contribution in [0.3, 0.4) is 0 Å². The molecule has 4 rings (SSSR count). The quantitative estimate of drug-likeness (QED) is 0.133. The summed E-state index contributed by atoms with van der Waals surface area (Å²) >= 11 is 0. The lowest BCUT2D eigenvalue weighted by Gasteiger charge is -2.38. The molecule has 1 aromatic carbocycles. The number of amides is 1. The monoisotopic (exact) mass is 759 g/mol. The van der Waals surface area contributed by atoms with Gasteiger partial charge in [-0.15, -0.1) is 6.58 Å². The molecule has 0 bridgehead atoms. The third-order valence-corrected chi connectivity index (χ3v) is 11.9. The molecule has 12 heteroatoms. The number of sulfone groups is 1. The molecular weight excluding hydrogens is 699 g/mol. The lowest BCUT2D eigenvalue weighted by atomic mass is 9.83. The number of aliphatic hydroxyl groups excluding tert-OH is 1. The predicted octanol–water partition coefficient (Wildman–Crippen LogP) is 6.13. The largest absolute Gasteiger partial charge is 0.444 e. The molecule has 3 saturated heterocycles. The number of methoxy groups -OCH3 is 1. The van der Waals surface area contributed by atoms with Gasteiger partial charge in [-0.2, -0.15) is 0 Å². The SMILES string of the molecule is C=CCOC/C=C/[C@H]1CC(=C)C(CC[C@H]2C[C@@H](C)C(=C)C(C[C@@H]3OC(C[C@H](O)CNC(=O)OC(C)(C)C)[C@H](OC)[C@H]3CS(=O)(=O)c3ccccc3)O2)O1. The van der Waals surface area contributed by atoms with Crippen LogP contribution in [0.15, 0.2) is 84.3 Å². The molecular formula is C41H61NO10S. The third kappa shape index (κ3) is 12.9. The zero-order chi connectivity index (χ0) is 38.8. The molecule has 296 valence electrons. The first-order valence-corrected chi connectivity index (χ1v) is 20.4. The summed E-state index contributed by atoms with van der Waals surface area (Å²) in [5.41, 5.74) is 1.33. The van der Waals surface area contributed by atoms with Crippen molar-refractivity contribution in [2.75, 3.05) is 32.6 Å². The van der Waals surface area contributed by atoms with Gasteiger partial charge in [-0.3, -0.25) is 0 Å². The average Bonchev–Trinajstić information content (AvgIpc) is 3.61. The number of hydrogen-bond acceptors (Lipinski definition) is 10. The van der Waals surface area contributed by atoms with Gasteiger partial charge in [0, 0.05) is 38.8 Å². The van der Waals surface area contributed by atoms with Gasteiger partial charge in [0.15, 0.2) is 9.84 Å². The van der Waals surface area contributed by atoms with Crippen LogP contribution < -0.4 is 5.32 Å². The molecule has 0 aliphatic carbocycles. The highest BCUT2D eigenvalue weighted by atomic mass is 32.2. The molecule has 1 aromatic rings. The van der Waals surface area contributed by atoms with Crippen molar-refractivity contribution in [2.24, 2.45) is 11.8 Å². The number of carbonyl (C=O) groups excluding carboxylic acids is 1. The number of alkyl carbamates (subject to hydrolysis) is 1. The zero-order valence-corrected chi connectivity index (χ0v) is 32.9. The van der Waals surface area contributed by atoms with Crippen molar-refractivity contribution in [3.63, 3.8) is 0 Å². The zero-order valence-electron chi connectivity index (χ0n) is 32.1. The number of carbonyl (C=O) groups is 1. The van der Waals surface area contributed by atoms with E-state index in [4.69, 9.17) is 28.4 Å². The van der Waals surface area contributed by atoms with Gasteiger partial charge >= 0.3 is 6.09 Å². The van der Waals surface area contributed by atoms with Crippen LogP contribution in [-0.4, -0.2) is 107 Å². The summed E-state index contributed by atoms with van der Waals surface area (Å²) in [6.45, 7) is 20.7. The molecule has 3 fully saturated rings. The van der Waals surface area contributed by atoms with Crippen molar-refractivity contribution >= 4 is 15.9 Å². The molecule has 0 radical (unpaired) electrons. The molecule has 3 aliphatic rings. The lowest BCUT2D eigenvalue weighted by molar-refractivity contribution is -0.0769. The molecule has 53 heavy (non-hydrogen) atoms. The van der Waals surface area contributed by atoms with Crippen LogP contribution in [0.2, 0.25) is 0 Å². The van der Waals surface area contributed by atoms with Gasteiger partial charge in [0.05, 0.1) is 72.7 Å². The van der Waals surface area contributed by atoms with E-state index < -0.39 is 51.9 Å². The summed E-state index contributed by atoms with van der Waals surface area (Å²) < 4.78 is 63.7. The first kappa shape index (κ1) is 42.9. The fraction of sp³-hybridized carbons (Fsp3) is 0.634. The number of rotatable bonds is 18. The highest BCUT2D eigenvalue weighted by Crippen LogP contribution is 2.41. The van der Waals surface area contributed by atoms with Gasteiger partial charge in [0.25, 0.3) is 0 Å². The van der Waals surface area contributed by atoms with Gasteiger partial charge in [-0.1, -0.05) is 56.5 Å². The summed E-state index contributed by atoms with van der Waals surface area (Å²) in [5.74, 6) is -0.589. The molecule has 0 aromatic heterocycles. The van der Waals surface area contributed by atoms with Crippen LogP contribution in [0, 0.1) is 11.8 Å². The second kappa shape index (κ2) is 19.7. The second-order valence-corrected chi connectivity index (χ2v) is 17.5. The van der Waals surface area contributed by atoms with E-state index in [-0.39, 0.29) is 53.9 Å². The van der Waals surface area contributed by atoms with Crippen molar-refractivity contribution < 1.29 is 46.7 Å². The van der Waals surface area contributed by atoms with Gasteiger partial charge in [-0.25, -0.2) is 13.2 Å². The summed E-state index contributed by atoms with van der Waals surface area (Å²) in [5, 5.41) is 13.6. The molecule has 3 aliphatic heterocycles. The van der Waals surface area contributed by atoms with E-state index in [1.807, 2.05) is 12.2 Å². The number of hydrogen-bond donors (Lipinski definition) is 2. The van der Waals surface area contributed by atoms with E-state index in [9.17, 15) is 18.3 Å². The Morgan fingerprint density at radius 3 is 2.49 bits per heavy atom. The van der Waals surface area contributed by atoms with Crippen LogP contribution >= 0.6 is 0 Å². The molecule has 0 spiro atoms. The molecule has 3 unspecified atom stereocenters. The Labute approximate surface area is 316 Å². The molecule has 3 heterocycles. The minimum Gasteiger partial charge on any atom is -0.444 e. The summed E-state index contributed by atoms with van der Waals surface area (Å²) in [6, 6.07) is 8.35. The highest BCUT2D eigenvalue weighted by molar-refractivity contribution is 7.91. The van der Waals surface area contributed by atoms with Crippen LogP contribution in [0.5, 0.6) is 0 Å². The maximum absolute atomic E-state index is 13.7. The number of nitrogens with one attached hydrogen (secondary N) is 1. The van der Waals surface area contributed by atoms with Crippen LogP contribution in [0.4, 0.5) is 4.79 Å². The smallest absolute Gasteiger partial charge is 0.407 e. The fourth-order valence-corrected chi connectivity index (χ4v) is 9.10. The predicted molar refractivity (Wildman–Crippen MR) is 204 cm³/mol. The number of ether oxygens (including phenoxy) is 6. The summed E-state index contributed by atoms with van der Waals surface area (Å²) in [7, 11) is -2.19. The van der Waals surface area contributed by atoms with E-state index >= 15 is 0 Å². The van der Waals surface area contributed by atoms with E-state index in [1.54, 1.807) is 57.2 Å². The minimum absolute atomic E-state index is 0.0320. The average molecular weight is 760 g/mol. The van der Waals surface area contributed by atoms with Crippen molar-refractivity contribution in [2.45, 2.75) is 126 Å². The lowest BCUT2D eigenvalue weighted by Crippen LogP contribution is -2.41. The fourth-order valence-electron chi connectivity index (χ4n) is 7.42. The standard InChI is InChI=1S/C41H61NO10S/c1-9-19-48-20-13-14-31-22-28(3)35(49-31)18-17-32-21-27(2)29(4)36(50-32)24-37-34(26-53(45,46)33-15-11-10-12-16-33)39(47-8)38(51-37)23-30(43)25-42-40(44)52-41(5,6)7/h9-16,27,30-32,34-39,43H,1,3-4,17-26H2,2,5-8H3,(H,42,44)/b14-13+/t27-,30+,31+,32+,34+,35?,36?,37+,38?,39-/m1/s1. The highest BCUT2D eigenvalue weighted by Gasteiger charge is 2.49. The van der Waals surface area contributed by atoms with E-state index in [0.717, 1.165) is 36.8 Å². The molecule has 10 atom stereocenters. The van der Waals surface area contributed by atoms with E-state index in [1.165, 1.54) is 7.11 Å². The third-order valence-electron chi connectivity index (χ3n) is 10.1. The second-order valence-electron chi connectivity index (χ2n) is 15.5. The maximum atomic E-state index is 13.7. The van der Waals surface area contributed by atoms with Gasteiger partial charge in [0.2, 0.25) is 0 Å². The van der Waals surface area contributed by atoms with Gasteiger partial charge < -0.3 is 38.8 Å². The van der Waals surface area contributed by atoms with Crippen molar-refractivity contribution in [1.29, 1.82) is 0 Å². The summed E-state index contributed by atoms with van der Waals surface area (Å²) in [6.07, 6.45) is 5.34. The first-order chi connectivity index (χ1) is 25.1. The van der Waals surface area contributed by atoms with Crippen LogP contribution in [0.1, 0.15) is 66.2 Å². The number of aliphatic hydroxyl groups is 1. The van der Waals surface area contributed by atoms with Crippen LogP contribution in [0.25, 0.3) is 0 Å². The maximum Gasteiger partial charge on any atom is 0.407 e. The van der Waals surface area contributed by atoms with Gasteiger partial charge in [-0.05, 0) is 69.2 Å². The van der Waals surface area contributed by atoms with Crippen LogP contribution in [-0.2, 0) is 38.3 Å². The Bertz CT molecular complexity index is 1510. The van der Waals surface area contributed by atoms with Crippen molar-refractivity contribution in [3.8, 4) is 0 Å². The molecule has 11 nitrogen and oxygen atoms in total. The van der Waals surface area contributed by atoms with Gasteiger partial charge in [0.1, 0.15) is 5.60 Å².